The maximum absolute atomic E-state index is 13.7. The van der Waals surface area contributed by atoms with Gasteiger partial charge in [0, 0.05) is 12.1 Å². The third kappa shape index (κ3) is 1.79. The van der Waals surface area contributed by atoms with Gasteiger partial charge >= 0.3 is 0 Å². The van der Waals surface area contributed by atoms with Crippen molar-refractivity contribution < 1.29 is 4.39 Å². The summed E-state index contributed by atoms with van der Waals surface area (Å²) in [5.41, 5.74) is 7.64. The quantitative estimate of drug-likeness (QED) is 0.789. The third-order valence-electron chi connectivity index (χ3n) is 3.91. The minimum atomic E-state index is -0.199. The Morgan fingerprint density at radius 2 is 2.22 bits per heavy atom. The Hall–Kier alpha value is -0.850. The average molecular weight is 359 g/mol. The van der Waals surface area contributed by atoms with Crippen molar-refractivity contribution in [3.05, 3.63) is 21.5 Å². The molecule has 0 radical (unpaired) electrons. The number of nitrogens with zero attached hydrogens (tertiary/aromatic N) is 2. The van der Waals surface area contributed by atoms with Crippen LogP contribution in [-0.2, 0) is 0 Å². The molecule has 2 N–H and O–H groups in total. The summed E-state index contributed by atoms with van der Waals surface area (Å²) in [5, 5.41) is 0. The van der Waals surface area contributed by atoms with Crippen LogP contribution in [0, 0.1) is 15.3 Å². The van der Waals surface area contributed by atoms with Crippen LogP contribution in [0.4, 0.5) is 10.3 Å². The first-order valence-corrected chi connectivity index (χ1v) is 7.28. The molecule has 0 spiro atoms. The molecule has 1 aliphatic rings. The number of halogens is 2. The Bertz CT molecular complexity index is 608. The lowest BCUT2D eigenvalue weighted by Gasteiger charge is -2.19. The van der Waals surface area contributed by atoms with Gasteiger partial charge in [-0.3, -0.25) is 0 Å². The first-order valence-electron chi connectivity index (χ1n) is 6.20. The molecule has 2 unspecified atom stereocenters. The van der Waals surface area contributed by atoms with Crippen LogP contribution in [0.15, 0.2) is 12.1 Å². The van der Waals surface area contributed by atoms with Crippen molar-refractivity contribution in [3.63, 3.8) is 0 Å². The lowest BCUT2D eigenvalue weighted by molar-refractivity contribution is 0.420. The maximum Gasteiger partial charge on any atom is 0.201 e. The fourth-order valence-electron chi connectivity index (χ4n) is 2.97. The number of hydrogen-bond donors (Lipinski definition) is 1. The van der Waals surface area contributed by atoms with Crippen LogP contribution in [0.25, 0.3) is 11.0 Å². The highest BCUT2D eigenvalue weighted by Gasteiger charge is 2.28. The molecule has 1 heterocycles. The summed E-state index contributed by atoms with van der Waals surface area (Å²) in [6.45, 7) is 2.23. The molecule has 0 bridgehead atoms. The van der Waals surface area contributed by atoms with Crippen molar-refractivity contribution in [1.82, 2.24) is 9.55 Å². The number of anilines is 1. The number of nitrogen functional groups attached to an aromatic ring is 1. The van der Waals surface area contributed by atoms with Crippen LogP contribution in [0.5, 0.6) is 0 Å². The topological polar surface area (TPSA) is 43.8 Å². The predicted octanol–water partition coefficient (Wildman–Crippen LogP) is 3.72. The Morgan fingerprint density at radius 1 is 1.44 bits per heavy atom. The summed E-state index contributed by atoms with van der Waals surface area (Å²) in [6, 6.07) is 3.68. The van der Waals surface area contributed by atoms with Crippen LogP contribution in [0.2, 0.25) is 0 Å². The number of imidazole rings is 1. The van der Waals surface area contributed by atoms with E-state index >= 15 is 0 Å². The minimum absolute atomic E-state index is 0.199. The minimum Gasteiger partial charge on any atom is -0.369 e. The standard InChI is InChI=1S/C13H15FIN3/c1-7-3-2-4-11(7)18-12-5-8(14)9(15)6-10(12)17-13(18)16/h5-7,11H,2-4H2,1H3,(H2,16,17). The van der Waals surface area contributed by atoms with E-state index in [1.165, 1.54) is 12.8 Å². The van der Waals surface area contributed by atoms with Gasteiger partial charge < -0.3 is 10.3 Å². The van der Waals surface area contributed by atoms with Crippen molar-refractivity contribution >= 4 is 39.6 Å². The molecule has 5 heteroatoms. The monoisotopic (exact) mass is 359 g/mol. The highest BCUT2D eigenvalue weighted by atomic mass is 127. The van der Waals surface area contributed by atoms with Crippen LogP contribution in [0.3, 0.4) is 0 Å². The molecule has 18 heavy (non-hydrogen) atoms. The van der Waals surface area contributed by atoms with Crippen molar-refractivity contribution in [2.24, 2.45) is 5.92 Å². The van der Waals surface area contributed by atoms with Gasteiger partial charge in [0.15, 0.2) is 0 Å². The number of aromatic nitrogens is 2. The lowest BCUT2D eigenvalue weighted by Crippen LogP contribution is -2.14. The van der Waals surface area contributed by atoms with E-state index in [0.717, 1.165) is 17.5 Å². The van der Waals surface area contributed by atoms with Crippen LogP contribution in [0.1, 0.15) is 32.2 Å². The van der Waals surface area contributed by atoms with Crippen molar-refractivity contribution in [2.75, 3.05) is 5.73 Å². The van der Waals surface area contributed by atoms with Crippen molar-refractivity contribution in [2.45, 2.75) is 32.2 Å². The molecule has 0 amide bonds. The average Bonchev–Trinajstić information content (AvgIpc) is 2.83. The molecule has 0 aliphatic heterocycles. The largest absolute Gasteiger partial charge is 0.369 e. The van der Waals surface area contributed by atoms with E-state index in [2.05, 4.69) is 11.9 Å². The first-order chi connectivity index (χ1) is 8.58. The summed E-state index contributed by atoms with van der Waals surface area (Å²) in [6.07, 6.45) is 3.51. The summed E-state index contributed by atoms with van der Waals surface area (Å²) in [7, 11) is 0. The van der Waals surface area contributed by atoms with Gasteiger partial charge in [-0.1, -0.05) is 13.3 Å². The van der Waals surface area contributed by atoms with Crippen LogP contribution < -0.4 is 5.73 Å². The molecule has 1 aromatic heterocycles. The van der Waals surface area contributed by atoms with Gasteiger partial charge in [0.05, 0.1) is 14.6 Å². The van der Waals surface area contributed by atoms with Gasteiger partial charge in [-0.15, -0.1) is 0 Å². The highest BCUT2D eigenvalue weighted by molar-refractivity contribution is 14.1. The van der Waals surface area contributed by atoms with Crippen LogP contribution >= 0.6 is 22.6 Å². The zero-order valence-electron chi connectivity index (χ0n) is 10.2. The SMILES string of the molecule is CC1CCCC1n1c(N)nc2cc(I)c(F)cc21. The Morgan fingerprint density at radius 3 is 2.89 bits per heavy atom. The van der Waals surface area contributed by atoms with Gasteiger partial charge in [-0.25, -0.2) is 9.37 Å². The summed E-state index contributed by atoms with van der Waals surface area (Å²) < 4.78 is 16.3. The molecule has 1 aromatic carbocycles. The third-order valence-corrected chi connectivity index (χ3v) is 4.73. The maximum atomic E-state index is 13.7. The fraction of sp³-hybridized carbons (Fsp3) is 0.462. The molecule has 0 saturated heterocycles. The summed E-state index contributed by atoms with van der Waals surface area (Å²) in [5.74, 6) is 0.882. The number of fused-ring (bicyclic) bond motifs is 1. The molecule has 2 atom stereocenters. The van der Waals surface area contributed by atoms with Crippen molar-refractivity contribution in [3.8, 4) is 0 Å². The van der Waals surface area contributed by atoms with Gasteiger partial charge in [0.2, 0.25) is 5.95 Å². The van der Waals surface area contributed by atoms with E-state index in [1.54, 1.807) is 12.1 Å². The molecule has 2 aromatic rings. The molecule has 3 nitrogen and oxygen atoms in total. The van der Waals surface area contributed by atoms with Gasteiger partial charge in [0.1, 0.15) is 5.82 Å². The molecule has 1 fully saturated rings. The predicted molar refractivity (Wildman–Crippen MR) is 78.9 cm³/mol. The smallest absolute Gasteiger partial charge is 0.201 e. The second kappa shape index (κ2) is 4.36. The lowest BCUT2D eigenvalue weighted by atomic mass is 10.1. The van der Waals surface area contributed by atoms with Gasteiger partial charge in [-0.2, -0.15) is 0 Å². The Labute approximate surface area is 119 Å². The van der Waals surface area contributed by atoms with Gasteiger partial charge in [-0.05, 0) is 47.4 Å². The molecule has 96 valence electrons. The van der Waals surface area contributed by atoms with E-state index < -0.39 is 0 Å². The zero-order chi connectivity index (χ0) is 12.9. The van der Waals surface area contributed by atoms with E-state index in [9.17, 15) is 4.39 Å². The second-order valence-corrected chi connectivity index (χ2v) is 6.23. The Balaban J connectivity index is 2.22. The normalized spacial score (nSPS) is 23.9. The zero-order valence-corrected chi connectivity index (χ0v) is 12.3. The fourth-order valence-corrected chi connectivity index (χ4v) is 3.42. The summed E-state index contributed by atoms with van der Waals surface area (Å²) in [4.78, 5) is 4.36. The number of hydrogen-bond acceptors (Lipinski definition) is 2. The molecule has 3 rings (SSSR count). The van der Waals surface area contributed by atoms with E-state index in [0.29, 0.717) is 21.5 Å². The summed E-state index contributed by atoms with van der Waals surface area (Å²) >= 11 is 1.98. The Kier molecular flexibility index (Phi) is 2.96. The van der Waals surface area contributed by atoms with E-state index in [-0.39, 0.29) is 5.82 Å². The van der Waals surface area contributed by atoms with Crippen LogP contribution in [-0.4, -0.2) is 9.55 Å². The number of benzene rings is 1. The number of nitrogens with two attached hydrogens (primary N) is 1. The molecule has 1 saturated carbocycles. The molecular formula is C13H15FIN3. The van der Waals surface area contributed by atoms with E-state index in [4.69, 9.17) is 5.73 Å². The first kappa shape index (κ1) is 12.2. The highest BCUT2D eigenvalue weighted by Crippen LogP contribution is 2.39. The number of rotatable bonds is 1. The second-order valence-electron chi connectivity index (χ2n) is 5.07. The van der Waals surface area contributed by atoms with Crippen molar-refractivity contribution in [1.29, 1.82) is 0 Å². The molecule has 1 aliphatic carbocycles. The van der Waals surface area contributed by atoms with Gasteiger partial charge in [0.25, 0.3) is 0 Å². The van der Waals surface area contributed by atoms with E-state index in [1.807, 2.05) is 27.2 Å². The molecular weight excluding hydrogens is 344 g/mol.